The van der Waals surface area contributed by atoms with Crippen molar-refractivity contribution in [2.45, 2.75) is 13.3 Å². The molecule has 1 aromatic carbocycles. The molecule has 0 unspecified atom stereocenters. The molecule has 0 aliphatic carbocycles. The van der Waals surface area contributed by atoms with Gasteiger partial charge in [0.05, 0.1) is 10.9 Å². The van der Waals surface area contributed by atoms with E-state index in [1.54, 1.807) is 6.20 Å². The topological polar surface area (TPSA) is 117 Å². The van der Waals surface area contributed by atoms with E-state index < -0.39 is 18.3 Å². The van der Waals surface area contributed by atoms with Crippen molar-refractivity contribution < 1.29 is 14.3 Å². The molecule has 0 atom stereocenters. The quantitative estimate of drug-likeness (QED) is 0.381. The predicted octanol–water partition coefficient (Wildman–Crippen LogP) is 1.56. The van der Waals surface area contributed by atoms with Crippen molar-refractivity contribution in [1.82, 2.24) is 15.2 Å². The molecule has 3 N–H and O–H groups in total. The highest BCUT2D eigenvalue weighted by atomic mass is 32.1. The summed E-state index contributed by atoms with van der Waals surface area (Å²) in [7, 11) is 0. The number of nitrogens with one attached hydrogen (secondary N) is 3. The maximum atomic E-state index is 11.8. The molecular weight excluding hydrogens is 320 g/mol. The van der Waals surface area contributed by atoms with Gasteiger partial charge in [-0.05, 0) is 19.1 Å². The van der Waals surface area contributed by atoms with E-state index in [1.807, 2.05) is 6.92 Å². The molecule has 8 nitrogen and oxygen atoms in total. The number of H-pyrrole nitrogens is 2. The lowest BCUT2D eigenvalue weighted by molar-refractivity contribution is -0.137. The summed E-state index contributed by atoms with van der Waals surface area (Å²) in [6.07, 6.45) is 1.20. The van der Waals surface area contributed by atoms with E-state index in [2.05, 4.69) is 20.5 Å². The summed E-state index contributed by atoms with van der Waals surface area (Å²) < 4.78 is 5.09. The highest BCUT2D eigenvalue weighted by Gasteiger charge is 2.14. The van der Waals surface area contributed by atoms with Crippen molar-refractivity contribution in [1.29, 1.82) is 0 Å². The molecule has 2 heterocycles. The SMILES string of the molecule is Cc1cnc(NC(=O)CC(=O)Oc2ccc3c(=O)[nH][nH]c3c2)s1. The van der Waals surface area contributed by atoms with Crippen LogP contribution in [0.15, 0.2) is 29.2 Å². The van der Waals surface area contributed by atoms with Crippen LogP contribution in [0.2, 0.25) is 0 Å². The Morgan fingerprint density at radius 3 is 2.91 bits per heavy atom. The van der Waals surface area contributed by atoms with Gasteiger partial charge in [-0.25, -0.2) is 4.98 Å². The number of hydrogen-bond donors (Lipinski definition) is 3. The van der Waals surface area contributed by atoms with Gasteiger partial charge in [-0.15, -0.1) is 11.3 Å². The first-order chi connectivity index (χ1) is 11.0. The highest BCUT2D eigenvalue weighted by molar-refractivity contribution is 7.15. The number of benzene rings is 1. The molecule has 0 saturated carbocycles. The Hall–Kier alpha value is -2.94. The third-order valence-corrected chi connectivity index (χ3v) is 3.78. The third kappa shape index (κ3) is 3.46. The van der Waals surface area contributed by atoms with E-state index >= 15 is 0 Å². The Kier molecular flexibility index (Phi) is 3.94. The minimum Gasteiger partial charge on any atom is -0.426 e. The summed E-state index contributed by atoms with van der Waals surface area (Å²) in [4.78, 5) is 39.8. The number of ether oxygens (including phenoxy) is 1. The van der Waals surface area contributed by atoms with Crippen LogP contribution in [0, 0.1) is 6.92 Å². The Labute approximate surface area is 133 Å². The Morgan fingerprint density at radius 2 is 2.17 bits per heavy atom. The van der Waals surface area contributed by atoms with Crippen molar-refractivity contribution in [3.63, 3.8) is 0 Å². The van der Waals surface area contributed by atoms with Crippen molar-refractivity contribution in [2.24, 2.45) is 0 Å². The van der Waals surface area contributed by atoms with Crippen LogP contribution in [0.4, 0.5) is 5.13 Å². The number of aromatic nitrogens is 3. The van der Waals surface area contributed by atoms with Crippen molar-refractivity contribution in [2.75, 3.05) is 5.32 Å². The third-order valence-electron chi connectivity index (χ3n) is 2.95. The van der Waals surface area contributed by atoms with E-state index in [0.29, 0.717) is 16.0 Å². The van der Waals surface area contributed by atoms with Gasteiger partial charge in [0.15, 0.2) is 5.13 Å². The van der Waals surface area contributed by atoms with Crippen molar-refractivity contribution in [3.8, 4) is 5.75 Å². The average Bonchev–Trinajstić information content (AvgIpc) is 3.05. The fourth-order valence-corrected chi connectivity index (χ4v) is 2.63. The number of nitrogens with zero attached hydrogens (tertiary/aromatic N) is 1. The van der Waals surface area contributed by atoms with Crippen molar-refractivity contribution in [3.05, 3.63) is 39.6 Å². The number of amides is 1. The summed E-state index contributed by atoms with van der Waals surface area (Å²) >= 11 is 1.32. The number of aromatic amines is 2. The monoisotopic (exact) mass is 332 g/mol. The van der Waals surface area contributed by atoms with Crippen LogP contribution in [0.5, 0.6) is 5.75 Å². The largest absolute Gasteiger partial charge is 0.426 e. The molecule has 0 aliphatic rings. The minimum absolute atomic E-state index is 0.246. The number of anilines is 1. The maximum Gasteiger partial charge on any atom is 0.320 e. The van der Waals surface area contributed by atoms with Crippen LogP contribution in [-0.2, 0) is 9.59 Å². The zero-order valence-electron chi connectivity index (χ0n) is 12.0. The Morgan fingerprint density at radius 1 is 1.35 bits per heavy atom. The van der Waals surface area contributed by atoms with Gasteiger partial charge in [-0.3, -0.25) is 24.6 Å². The standard InChI is InChI=1S/C14H12N4O4S/c1-7-6-15-14(23-7)16-11(19)5-12(20)22-8-2-3-9-10(4-8)17-18-13(9)21/h2-4,6H,5H2,1H3,(H,15,16,19)(H2,17,18,21). The molecule has 0 radical (unpaired) electrons. The lowest BCUT2D eigenvalue weighted by Crippen LogP contribution is -2.19. The van der Waals surface area contributed by atoms with Crippen LogP contribution in [0.25, 0.3) is 10.9 Å². The zero-order chi connectivity index (χ0) is 16.4. The van der Waals surface area contributed by atoms with Gasteiger partial charge < -0.3 is 10.1 Å². The molecule has 0 spiro atoms. The molecule has 1 amide bonds. The summed E-state index contributed by atoms with van der Waals surface area (Å²) in [5.41, 5.74) is 0.263. The number of rotatable bonds is 4. The number of esters is 1. The molecular formula is C14H12N4O4S. The van der Waals surface area contributed by atoms with Gasteiger partial charge in [0, 0.05) is 17.1 Å². The maximum absolute atomic E-state index is 11.8. The number of fused-ring (bicyclic) bond motifs is 1. The Bertz CT molecular complexity index is 940. The molecule has 0 bridgehead atoms. The van der Waals surface area contributed by atoms with E-state index in [4.69, 9.17) is 4.74 Å². The van der Waals surface area contributed by atoms with Gasteiger partial charge in [-0.2, -0.15) is 0 Å². The van der Waals surface area contributed by atoms with Gasteiger partial charge in [0.25, 0.3) is 5.56 Å². The Balaban J connectivity index is 1.61. The van der Waals surface area contributed by atoms with Gasteiger partial charge in [0.2, 0.25) is 5.91 Å². The molecule has 0 saturated heterocycles. The molecule has 2 aromatic heterocycles. The highest BCUT2D eigenvalue weighted by Crippen LogP contribution is 2.18. The molecule has 118 valence electrons. The second kappa shape index (κ2) is 6.05. The minimum atomic E-state index is -0.701. The van der Waals surface area contributed by atoms with Gasteiger partial charge >= 0.3 is 5.97 Å². The number of hydrogen-bond acceptors (Lipinski definition) is 6. The van der Waals surface area contributed by atoms with E-state index in [-0.39, 0.29) is 11.3 Å². The number of aryl methyl sites for hydroxylation is 1. The van der Waals surface area contributed by atoms with Crippen LogP contribution in [0.1, 0.15) is 11.3 Å². The zero-order valence-corrected chi connectivity index (χ0v) is 12.8. The predicted molar refractivity (Wildman–Crippen MR) is 84.7 cm³/mol. The van der Waals surface area contributed by atoms with E-state index in [9.17, 15) is 14.4 Å². The second-order valence-electron chi connectivity index (χ2n) is 4.76. The lowest BCUT2D eigenvalue weighted by atomic mass is 10.2. The summed E-state index contributed by atoms with van der Waals surface area (Å²) in [6.45, 7) is 1.86. The van der Waals surface area contributed by atoms with E-state index in [0.717, 1.165) is 4.88 Å². The average molecular weight is 332 g/mol. The fraction of sp³-hybridized carbons (Fsp3) is 0.143. The molecule has 0 fully saturated rings. The summed E-state index contributed by atoms with van der Waals surface area (Å²) in [5.74, 6) is -0.955. The van der Waals surface area contributed by atoms with Crippen molar-refractivity contribution >= 4 is 39.2 Å². The number of carbonyl (C=O) groups is 2. The normalized spacial score (nSPS) is 10.7. The number of carbonyl (C=O) groups excluding carboxylic acids is 2. The summed E-state index contributed by atoms with van der Waals surface area (Å²) in [6, 6.07) is 4.53. The fourth-order valence-electron chi connectivity index (χ4n) is 1.95. The molecule has 23 heavy (non-hydrogen) atoms. The lowest BCUT2D eigenvalue weighted by Gasteiger charge is -2.04. The molecule has 3 aromatic rings. The first-order valence-corrected chi connectivity index (χ1v) is 7.46. The van der Waals surface area contributed by atoms with Gasteiger partial charge in [-0.1, -0.05) is 0 Å². The van der Waals surface area contributed by atoms with E-state index in [1.165, 1.54) is 29.5 Å². The number of thiazole rings is 1. The first-order valence-electron chi connectivity index (χ1n) is 6.64. The molecule has 0 aliphatic heterocycles. The van der Waals surface area contributed by atoms with Crippen LogP contribution < -0.4 is 15.6 Å². The van der Waals surface area contributed by atoms with Crippen LogP contribution >= 0.6 is 11.3 Å². The van der Waals surface area contributed by atoms with Crippen LogP contribution in [0.3, 0.4) is 0 Å². The second-order valence-corrected chi connectivity index (χ2v) is 6.00. The molecule has 3 rings (SSSR count). The summed E-state index contributed by atoms with van der Waals surface area (Å²) in [5, 5.41) is 8.51. The van der Waals surface area contributed by atoms with Crippen LogP contribution in [-0.4, -0.2) is 27.1 Å². The first kappa shape index (κ1) is 15.0. The molecule has 9 heteroatoms. The smallest absolute Gasteiger partial charge is 0.320 e. The van der Waals surface area contributed by atoms with Gasteiger partial charge in [0.1, 0.15) is 12.2 Å².